The van der Waals surface area contributed by atoms with Gasteiger partial charge in [-0.05, 0) is 13.8 Å². The lowest BCUT2D eigenvalue weighted by molar-refractivity contribution is 0.482. The van der Waals surface area contributed by atoms with Crippen LogP contribution >= 0.6 is 24.8 Å². The summed E-state index contributed by atoms with van der Waals surface area (Å²) in [5.74, 6) is 0. The van der Waals surface area contributed by atoms with Crippen LogP contribution in [0.3, 0.4) is 0 Å². The first kappa shape index (κ1) is 14.3. The summed E-state index contributed by atoms with van der Waals surface area (Å²) in [7, 11) is 0. The first-order valence-corrected chi connectivity index (χ1v) is 4.84. The maximum atomic E-state index is 7.62. The fourth-order valence-corrected chi connectivity index (χ4v) is 1.04. The summed E-state index contributed by atoms with van der Waals surface area (Å²) in [4.78, 5) is 2.01. The Morgan fingerprint density at radius 2 is 1.75 bits per heavy atom. The van der Waals surface area contributed by atoms with Gasteiger partial charge in [0.25, 0.3) is 0 Å². The van der Waals surface area contributed by atoms with E-state index in [9.17, 15) is 0 Å². The van der Waals surface area contributed by atoms with E-state index in [0.29, 0.717) is 10.7 Å². The third-order valence-electron chi connectivity index (χ3n) is 1.19. The van der Waals surface area contributed by atoms with Crippen molar-refractivity contribution in [3.63, 3.8) is 0 Å². The van der Waals surface area contributed by atoms with Crippen LogP contribution in [0.5, 0.6) is 0 Å². The molecule has 0 rings (SSSR count). The fraction of sp³-hybridized carbons (Fsp3) is 0.750. The van der Waals surface area contributed by atoms with Crippen molar-refractivity contribution in [2.45, 2.75) is 27.2 Å². The van der Waals surface area contributed by atoms with Crippen molar-refractivity contribution in [2.24, 2.45) is 0 Å². The van der Waals surface area contributed by atoms with E-state index in [-0.39, 0.29) is 0 Å². The highest BCUT2D eigenvalue weighted by Gasteiger charge is 1.96. The van der Waals surface area contributed by atoms with Crippen molar-refractivity contribution in [2.75, 3.05) is 13.1 Å². The van der Waals surface area contributed by atoms with Crippen molar-refractivity contribution in [3.8, 4) is 6.07 Å². The van der Waals surface area contributed by atoms with Gasteiger partial charge in [0.1, 0.15) is 4.32 Å². The van der Waals surface area contributed by atoms with E-state index < -0.39 is 0 Å². The van der Waals surface area contributed by atoms with Gasteiger partial charge in [-0.3, -0.25) is 0 Å². The summed E-state index contributed by atoms with van der Waals surface area (Å²) in [5, 5.41) is 7.62. The molecule has 0 aliphatic rings. The van der Waals surface area contributed by atoms with Crippen molar-refractivity contribution < 1.29 is 0 Å². The molecule has 0 heterocycles. The SMILES string of the molecule is CCC#N.CCN(CC)C(=S)S. The van der Waals surface area contributed by atoms with Gasteiger partial charge in [-0.1, -0.05) is 19.1 Å². The molecular weight excluding hydrogens is 188 g/mol. The van der Waals surface area contributed by atoms with Gasteiger partial charge in [-0.15, -0.1) is 12.6 Å². The summed E-state index contributed by atoms with van der Waals surface area (Å²) >= 11 is 8.82. The van der Waals surface area contributed by atoms with E-state index in [1.54, 1.807) is 0 Å². The van der Waals surface area contributed by atoms with Crippen molar-refractivity contribution >= 4 is 29.2 Å². The number of hydrogen-bond acceptors (Lipinski definition) is 2. The Morgan fingerprint density at radius 1 is 1.42 bits per heavy atom. The lowest BCUT2D eigenvalue weighted by Crippen LogP contribution is -2.24. The molecule has 70 valence electrons. The third kappa shape index (κ3) is 9.73. The second-order valence-electron chi connectivity index (χ2n) is 1.97. The minimum atomic E-state index is 0.625. The van der Waals surface area contributed by atoms with Crippen LogP contribution in [0.4, 0.5) is 0 Å². The zero-order valence-corrected chi connectivity index (χ0v) is 9.58. The average Bonchev–Trinajstić information content (AvgIpc) is 2.07. The quantitative estimate of drug-likeness (QED) is 0.553. The molecule has 0 unspecified atom stereocenters. The number of thiol groups is 1. The summed E-state index contributed by atoms with van der Waals surface area (Å²) < 4.78 is 0.690. The molecule has 4 heteroatoms. The van der Waals surface area contributed by atoms with Crippen LogP contribution < -0.4 is 0 Å². The molecule has 0 aliphatic carbocycles. The Balaban J connectivity index is 0. The molecule has 0 atom stereocenters. The number of rotatable bonds is 2. The molecule has 0 aromatic heterocycles. The first-order valence-electron chi connectivity index (χ1n) is 3.98. The van der Waals surface area contributed by atoms with Gasteiger partial charge >= 0.3 is 0 Å². The topological polar surface area (TPSA) is 27.0 Å². The van der Waals surface area contributed by atoms with E-state index in [1.807, 2.05) is 17.9 Å². The van der Waals surface area contributed by atoms with Crippen LogP contribution in [-0.2, 0) is 0 Å². The molecule has 0 aliphatic heterocycles. The average molecular weight is 204 g/mol. The Kier molecular flexibility index (Phi) is 12.8. The third-order valence-corrected chi connectivity index (χ3v) is 1.73. The second kappa shape index (κ2) is 10.7. The molecule has 0 aromatic rings. The standard InChI is InChI=1S/C5H11NS2.C3H5N/c1-3-6(4-2)5(7)8;1-2-3-4/h3-4H2,1-2H3,(H,7,8);2H2,1H3. The Bertz CT molecular complexity index is 148. The molecular formula is C8H16N2S2. The van der Waals surface area contributed by atoms with E-state index in [0.717, 1.165) is 13.1 Å². The molecule has 0 N–H and O–H groups in total. The Labute approximate surface area is 86.0 Å². The van der Waals surface area contributed by atoms with Gasteiger partial charge < -0.3 is 4.90 Å². The summed E-state index contributed by atoms with van der Waals surface area (Å²) in [6, 6.07) is 1.93. The van der Waals surface area contributed by atoms with Crippen LogP contribution in [0, 0.1) is 11.3 Å². The molecule has 0 spiro atoms. The highest BCUT2D eigenvalue weighted by molar-refractivity contribution is 8.10. The molecule has 0 radical (unpaired) electrons. The van der Waals surface area contributed by atoms with Crippen LogP contribution in [0.1, 0.15) is 27.2 Å². The van der Waals surface area contributed by atoms with E-state index >= 15 is 0 Å². The number of thiocarbonyl (C=S) groups is 1. The monoisotopic (exact) mass is 204 g/mol. The van der Waals surface area contributed by atoms with Crippen LogP contribution in [-0.4, -0.2) is 22.3 Å². The zero-order chi connectivity index (χ0) is 9.98. The molecule has 0 fully saturated rings. The number of nitrogens with zero attached hydrogens (tertiary/aromatic N) is 2. The zero-order valence-electron chi connectivity index (χ0n) is 7.87. The summed E-state index contributed by atoms with van der Waals surface area (Å²) in [6.45, 7) is 7.86. The molecule has 0 amide bonds. The van der Waals surface area contributed by atoms with Gasteiger partial charge in [0.05, 0.1) is 6.07 Å². The van der Waals surface area contributed by atoms with E-state index in [2.05, 4.69) is 26.5 Å². The van der Waals surface area contributed by atoms with Crippen molar-refractivity contribution in [1.82, 2.24) is 4.90 Å². The predicted octanol–water partition coefficient (Wildman–Crippen LogP) is 2.46. The maximum absolute atomic E-state index is 7.62. The largest absolute Gasteiger partial charge is 0.358 e. The van der Waals surface area contributed by atoms with Crippen LogP contribution in [0.25, 0.3) is 0 Å². The van der Waals surface area contributed by atoms with E-state index in [1.165, 1.54) is 0 Å². The smallest absolute Gasteiger partial charge is 0.133 e. The highest BCUT2D eigenvalue weighted by Crippen LogP contribution is 1.93. The van der Waals surface area contributed by atoms with Crippen molar-refractivity contribution in [1.29, 1.82) is 5.26 Å². The van der Waals surface area contributed by atoms with Gasteiger partial charge in [-0.25, -0.2) is 0 Å². The molecule has 0 bridgehead atoms. The van der Waals surface area contributed by atoms with Gasteiger partial charge in [0, 0.05) is 19.5 Å². The number of nitriles is 1. The highest BCUT2D eigenvalue weighted by atomic mass is 32.1. The molecule has 0 saturated heterocycles. The van der Waals surface area contributed by atoms with Gasteiger partial charge in [-0.2, -0.15) is 5.26 Å². The second-order valence-corrected chi connectivity index (χ2v) is 3.08. The molecule has 2 nitrogen and oxygen atoms in total. The molecule has 12 heavy (non-hydrogen) atoms. The lowest BCUT2D eigenvalue weighted by atomic mass is 10.6. The number of hydrogen-bond donors (Lipinski definition) is 1. The minimum Gasteiger partial charge on any atom is -0.358 e. The van der Waals surface area contributed by atoms with Crippen LogP contribution in [0.2, 0.25) is 0 Å². The summed E-state index contributed by atoms with van der Waals surface area (Å²) in [5.41, 5.74) is 0. The predicted molar refractivity (Wildman–Crippen MR) is 60.4 cm³/mol. The Hall–Kier alpha value is -0.270. The minimum absolute atomic E-state index is 0.625. The van der Waals surface area contributed by atoms with Crippen LogP contribution in [0.15, 0.2) is 0 Å². The molecule has 0 aromatic carbocycles. The van der Waals surface area contributed by atoms with Gasteiger partial charge in [0.15, 0.2) is 0 Å². The van der Waals surface area contributed by atoms with Crippen molar-refractivity contribution in [3.05, 3.63) is 0 Å². The summed E-state index contributed by atoms with van der Waals surface area (Å²) in [6.07, 6.45) is 0.625. The maximum Gasteiger partial charge on any atom is 0.133 e. The Morgan fingerprint density at radius 3 is 1.75 bits per heavy atom. The van der Waals surface area contributed by atoms with Gasteiger partial charge in [0.2, 0.25) is 0 Å². The molecule has 0 saturated carbocycles. The normalized spacial score (nSPS) is 7.58. The fourth-order valence-electron chi connectivity index (χ4n) is 0.494. The van der Waals surface area contributed by atoms with E-state index in [4.69, 9.17) is 17.5 Å². The first-order chi connectivity index (χ1) is 5.63. The lowest BCUT2D eigenvalue weighted by Gasteiger charge is -2.16.